The summed E-state index contributed by atoms with van der Waals surface area (Å²) < 4.78 is 1.84. The van der Waals surface area contributed by atoms with Crippen LogP contribution in [-0.2, 0) is 16.1 Å². The first kappa shape index (κ1) is 21.4. The number of aromatic nitrogens is 1. The summed E-state index contributed by atoms with van der Waals surface area (Å²) in [6, 6.07) is 19.2. The van der Waals surface area contributed by atoms with Gasteiger partial charge in [0.2, 0.25) is 5.91 Å². The van der Waals surface area contributed by atoms with E-state index in [0.717, 1.165) is 47.8 Å². The van der Waals surface area contributed by atoms with Gasteiger partial charge in [-0.15, -0.1) is 0 Å². The van der Waals surface area contributed by atoms with Crippen LogP contribution in [0.5, 0.6) is 0 Å². The molecule has 0 bridgehead atoms. The highest BCUT2D eigenvalue weighted by Crippen LogP contribution is 2.24. The van der Waals surface area contributed by atoms with Crippen LogP contribution >= 0.6 is 0 Å². The maximum absolute atomic E-state index is 12.7. The third-order valence-corrected chi connectivity index (χ3v) is 5.80. The maximum atomic E-state index is 12.7. The smallest absolute Gasteiger partial charge is 0.262 e. The zero-order valence-electron chi connectivity index (χ0n) is 17.9. The van der Waals surface area contributed by atoms with Crippen LogP contribution in [0.1, 0.15) is 37.7 Å². The van der Waals surface area contributed by atoms with Crippen LogP contribution in [0.2, 0.25) is 0 Å². The van der Waals surface area contributed by atoms with Crippen LogP contribution in [-0.4, -0.2) is 22.4 Å². The second-order valence-corrected chi connectivity index (χ2v) is 8.12. The Hall–Kier alpha value is -3.85. The van der Waals surface area contributed by atoms with Crippen molar-refractivity contribution in [3.63, 3.8) is 0 Å². The zero-order valence-corrected chi connectivity index (χ0v) is 17.9. The quantitative estimate of drug-likeness (QED) is 0.445. The van der Waals surface area contributed by atoms with Gasteiger partial charge in [0.15, 0.2) is 0 Å². The van der Waals surface area contributed by atoms with Crippen molar-refractivity contribution >= 4 is 34.5 Å². The minimum absolute atomic E-state index is 0.0761. The summed E-state index contributed by atoms with van der Waals surface area (Å²) in [6.07, 6.45) is 8.77. The average molecular weight is 427 g/mol. The van der Waals surface area contributed by atoms with Gasteiger partial charge in [0.1, 0.15) is 18.2 Å². The largest absolute Gasteiger partial charge is 0.349 e. The van der Waals surface area contributed by atoms with Crippen molar-refractivity contribution in [3.8, 4) is 6.07 Å². The summed E-state index contributed by atoms with van der Waals surface area (Å²) >= 11 is 0. The first-order valence-electron chi connectivity index (χ1n) is 11.0. The Labute approximate surface area is 187 Å². The van der Waals surface area contributed by atoms with E-state index in [-0.39, 0.29) is 30.0 Å². The molecule has 32 heavy (non-hydrogen) atoms. The van der Waals surface area contributed by atoms with E-state index in [9.17, 15) is 14.9 Å². The van der Waals surface area contributed by atoms with Crippen molar-refractivity contribution in [2.24, 2.45) is 0 Å². The molecule has 162 valence electrons. The number of benzene rings is 2. The fraction of sp³-hybridized carbons (Fsp3) is 0.269. The van der Waals surface area contributed by atoms with Gasteiger partial charge in [-0.1, -0.05) is 55.7 Å². The van der Waals surface area contributed by atoms with Gasteiger partial charge in [-0.05, 0) is 37.1 Å². The van der Waals surface area contributed by atoms with Gasteiger partial charge in [-0.3, -0.25) is 9.59 Å². The van der Waals surface area contributed by atoms with Crippen molar-refractivity contribution < 1.29 is 9.59 Å². The van der Waals surface area contributed by atoms with E-state index in [1.54, 1.807) is 6.08 Å². The molecule has 1 heterocycles. The van der Waals surface area contributed by atoms with Crippen LogP contribution in [0, 0.1) is 11.3 Å². The van der Waals surface area contributed by atoms with Gasteiger partial charge in [-0.25, -0.2) is 0 Å². The Morgan fingerprint density at radius 2 is 1.75 bits per heavy atom. The zero-order chi connectivity index (χ0) is 22.3. The monoisotopic (exact) mass is 426 g/mol. The Balaban J connectivity index is 1.56. The molecule has 1 fully saturated rings. The van der Waals surface area contributed by atoms with Crippen LogP contribution in [0.3, 0.4) is 0 Å². The molecule has 3 aromatic rings. The Morgan fingerprint density at radius 3 is 2.50 bits per heavy atom. The number of carbonyl (C=O) groups is 2. The third-order valence-electron chi connectivity index (χ3n) is 5.80. The van der Waals surface area contributed by atoms with E-state index < -0.39 is 0 Å². The van der Waals surface area contributed by atoms with Gasteiger partial charge >= 0.3 is 0 Å². The highest BCUT2D eigenvalue weighted by Gasteiger charge is 2.19. The van der Waals surface area contributed by atoms with E-state index in [2.05, 4.69) is 10.6 Å². The molecule has 0 aliphatic heterocycles. The highest BCUT2D eigenvalue weighted by molar-refractivity contribution is 6.04. The fourth-order valence-corrected chi connectivity index (χ4v) is 4.21. The van der Waals surface area contributed by atoms with Gasteiger partial charge < -0.3 is 15.2 Å². The molecule has 1 aromatic heterocycles. The summed E-state index contributed by atoms with van der Waals surface area (Å²) in [5.74, 6) is -0.485. The summed E-state index contributed by atoms with van der Waals surface area (Å²) in [5.41, 5.74) is 2.42. The van der Waals surface area contributed by atoms with Crippen LogP contribution in [0.25, 0.3) is 17.0 Å². The molecule has 6 nitrogen and oxygen atoms in total. The predicted octanol–water partition coefficient (Wildman–Crippen LogP) is 4.64. The van der Waals surface area contributed by atoms with Crippen molar-refractivity contribution in [2.75, 3.05) is 5.32 Å². The first-order chi connectivity index (χ1) is 15.6. The van der Waals surface area contributed by atoms with Crippen molar-refractivity contribution in [3.05, 3.63) is 71.9 Å². The van der Waals surface area contributed by atoms with Gasteiger partial charge in [0, 0.05) is 34.4 Å². The standard InChI is InChI=1S/C26H26N4O2/c27-16-19(26(32)29-22-11-5-2-6-12-22)15-20-17-30(24-14-8-7-13-23(20)24)18-25(31)28-21-9-3-1-4-10-21/h1,3-4,7-10,13-15,17,22H,2,5-6,11-12,18H2,(H,28,31)(H,29,32)/b19-15+. The molecule has 0 unspecified atom stereocenters. The number of hydrogen-bond donors (Lipinski definition) is 2. The lowest BCUT2D eigenvalue weighted by molar-refractivity contribution is -0.118. The number of nitriles is 1. The molecule has 1 saturated carbocycles. The van der Waals surface area contributed by atoms with Crippen LogP contribution in [0.4, 0.5) is 5.69 Å². The van der Waals surface area contributed by atoms with Crippen molar-refractivity contribution in [2.45, 2.75) is 44.7 Å². The summed E-state index contributed by atoms with van der Waals surface area (Å²) in [4.78, 5) is 25.3. The van der Waals surface area contributed by atoms with Gasteiger partial charge in [-0.2, -0.15) is 5.26 Å². The average Bonchev–Trinajstić information content (AvgIpc) is 3.15. The molecule has 2 N–H and O–H groups in total. The first-order valence-corrected chi connectivity index (χ1v) is 11.0. The lowest BCUT2D eigenvalue weighted by atomic mass is 9.95. The Kier molecular flexibility index (Phi) is 6.66. The Morgan fingerprint density at radius 1 is 1.03 bits per heavy atom. The molecule has 0 spiro atoms. The lowest BCUT2D eigenvalue weighted by Gasteiger charge is -2.22. The summed E-state index contributed by atoms with van der Waals surface area (Å²) in [7, 11) is 0. The number of amides is 2. The molecule has 2 aromatic carbocycles. The van der Waals surface area contributed by atoms with E-state index >= 15 is 0 Å². The fourth-order valence-electron chi connectivity index (χ4n) is 4.21. The normalized spacial score (nSPS) is 14.7. The van der Waals surface area contributed by atoms with E-state index in [0.29, 0.717) is 0 Å². The second-order valence-electron chi connectivity index (χ2n) is 8.12. The van der Waals surface area contributed by atoms with Gasteiger partial charge in [0.05, 0.1) is 0 Å². The highest BCUT2D eigenvalue weighted by atomic mass is 16.2. The van der Waals surface area contributed by atoms with Crippen LogP contribution < -0.4 is 10.6 Å². The second kappa shape index (κ2) is 9.97. The number of carbonyl (C=O) groups excluding carboxylic acids is 2. The minimum atomic E-state index is -0.335. The SMILES string of the molecule is N#C/C(=C\c1cn(CC(=O)Nc2ccccc2)c2ccccc12)C(=O)NC1CCCCC1. The molecule has 1 aliphatic rings. The number of para-hydroxylation sites is 2. The number of nitrogens with zero attached hydrogens (tertiary/aromatic N) is 2. The molecule has 2 amide bonds. The molecule has 6 heteroatoms. The van der Waals surface area contributed by atoms with E-state index in [1.165, 1.54) is 6.42 Å². The van der Waals surface area contributed by atoms with E-state index in [4.69, 9.17) is 0 Å². The minimum Gasteiger partial charge on any atom is -0.349 e. The molecular weight excluding hydrogens is 400 g/mol. The molecule has 0 saturated heterocycles. The number of hydrogen-bond acceptors (Lipinski definition) is 3. The van der Waals surface area contributed by atoms with Crippen LogP contribution in [0.15, 0.2) is 66.4 Å². The predicted molar refractivity (Wildman–Crippen MR) is 126 cm³/mol. The number of nitrogens with one attached hydrogen (secondary N) is 2. The third kappa shape index (κ3) is 5.06. The molecule has 4 rings (SSSR count). The summed E-state index contributed by atoms with van der Waals surface area (Å²) in [5, 5.41) is 16.4. The molecular formula is C26H26N4O2. The topological polar surface area (TPSA) is 86.9 Å². The Bertz CT molecular complexity index is 1180. The maximum Gasteiger partial charge on any atom is 0.262 e. The molecule has 0 radical (unpaired) electrons. The van der Waals surface area contributed by atoms with Crippen molar-refractivity contribution in [1.82, 2.24) is 9.88 Å². The van der Waals surface area contributed by atoms with Crippen molar-refractivity contribution in [1.29, 1.82) is 5.26 Å². The molecule has 1 aliphatic carbocycles. The van der Waals surface area contributed by atoms with E-state index in [1.807, 2.05) is 71.4 Å². The van der Waals surface area contributed by atoms with Gasteiger partial charge in [0.25, 0.3) is 5.91 Å². The number of anilines is 1. The number of rotatable bonds is 6. The summed E-state index contributed by atoms with van der Waals surface area (Å²) in [6.45, 7) is 0.124. The lowest BCUT2D eigenvalue weighted by Crippen LogP contribution is -2.36. The molecule has 0 atom stereocenters. The number of fused-ring (bicyclic) bond motifs is 1.